The maximum Gasteiger partial charge on any atom is 0.0460 e. The number of hydrogen-bond donors (Lipinski definition) is 2. The summed E-state index contributed by atoms with van der Waals surface area (Å²) in [6.45, 7) is 3.57. The van der Waals surface area contributed by atoms with Crippen molar-refractivity contribution >= 4 is 0 Å². The fraction of sp³-hybridized carbons (Fsp3) is 1.00. The Morgan fingerprint density at radius 3 is 2.47 bits per heavy atom. The van der Waals surface area contributed by atoms with Crippen molar-refractivity contribution in [2.24, 2.45) is 17.6 Å². The van der Waals surface area contributed by atoms with E-state index in [1.807, 2.05) is 0 Å². The summed E-state index contributed by atoms with van der Waals surface area (Å²) in [6.07, 6.45) is 6.35. The smallest absolute Gasteiger partial charge is 0.0460 e. The second kappa shape index (κ2) is 5.28. The van der Waals surface area contributed by atoms with Crippen molar-refractivity contribution in [2.75, 3.05) is 26.2 Å². The molecule has 0 bridgehead atoms. The molecule has 1 aliphatic carbocycles. The highest BCUT2D eigenvalue weighted by Crippen LogP contribution is 2.31. The zero-order valence-corrected chi connectivity index (χ0v) is 9.57. The second-order valence-electron chi connectivity index (χ2n) is 5.16. The van der Waals surface area contributed by atoms with Crippen LogP contribution in [0.3, 0.4) is 0 Å². The summed E-state index contributed by atoms with van der Waals surface area (Å²) < 4.78 is 0. The van der Waals surface area contributed by atoms with Crippen molar-refractivity contribution in [1.82, 2.24) is 4.90 Å². The van der Waals surface area contributed by atoms with Gasteiger partial charge in [0.05, 0.1) is 0 Å². The van der Waals surface area contributed by atoms with Crippen LogP contribution in [0.2, 0.25) is 0 Å². The van der Waals surface area contributed by atoms with Crippen LogP contribution in [0.1, 0.15) is 32.1 Å². The molecule has 1 aliphatic heterocycles. The Bertz CT molecular complexity index is 190. The van der Waals surface area contributed by atoms with Gasteiger partial charge in [0.2, 0.25) is 0 Å². The molecule has 3 N–H and O–H groups in total. The first-order valence-corrected chi connectivity index (χ1v) is 6.40. The lowest BCUT2D eigenvalue weighted by Crippen LogP contribution is -2.45. The Labute approximate surface area is 92.6 Å². The van der Waals surface area contributed by atoms with E-state index in [0.29, 0.717) is 12.5 Å². The molecule has 0 amide bonds. The van der Waals surface area contributed by atoms with E-state index in [2.05, 4.69) is 4.90 Å². The monoisotopic (exact) mass is 212 g/mol. The molecule has 0 aromatic heterocycles. The minimum absolute atomic E-state index is 0.374. The highest BCUT2D eigenvalue weighted by atomic mass is 16.3. The number of hydrogen-bond acceptors (Lipinski definition) is 3. The molecule has 0 spiro atoms. The summed E-state index contributed by atoms with van der Waals surface area (Å²) in [6, 6.07) is 0.745. The zero-order chi connectivity index (χ0) is 10.7. The quantitative estimate of drug-likeness (QED) is 0.728. The number of nitrogens with two attached hydrogens (primary N) is 1. The van der Waals surface area contributed by atoms with Gasteiger partial charge in [-0.2, -0.15) is 0 Å². The molecule has 2 rings (SSSR count). The molecule has 3 nitrogen and oxygen atoms in total. The molecule has 15 heavy (non-hydrogen) atoms. The number of aliphatic hydroxyl groups is 1. The molecule has 2 unspecified atom stereocenters. The Balaban J connectivity index is 1.84. The van der Waals surface area contributed by atoms with E-state index in [9.17, 15) is 0 Å². The van der Waals surface area contributed by atoms with Crippen LogP contribution in [0, 0.1) is 11.8 Å². The van der Waals surface area contributed by atoms with Crippen molar-refractivity contribution in [3.05, 3.63) is 0 Å². The zero-order valence-electron chi connectivity index (χ0n) is 9.57. The molecule has 0 aromatic carbocycles. The van der Waals surface area contributed by atoms with Crippen LogP contribution in [0.25, 0.3) is 0 Å². The summed E-state index contributed by atoms with van der Waals surface area (Å²) in [5.41, 5.74) is 5.82. The van der Waals surface area contributed by atoms with Gasteiger partial charge >= 0.3 is 0 Å². The first kappa shape index (κ1) is 11.4. The first-order valence-electron chi connectivity index (χ1n) is 6.40. The van der Waals surface area contributed by atoms with Crippen molar-refractivity contribution < 1.29 is 5.11 Å². The lowest BCUT2D eigenvalue weighted by atomic mass is 9.94. The molecule has 2 fully saturated rings. The predicted molar refractivity (Wildman–Crippen MR) is 61.6 cm³/mol. The van der Waals surface area contributed by atoms with Gasteiger partial charge in [-0.15, -0.1) is 0 Å². The molecule has 1 heterocycles. The highest BCUT2D eigenvalue weighted by Gasteiger charge is 2.32. The Morgan fingerprint density at radius 1 is 1.13 bits per heavy atom. The molecule has 0 radical (unpaired) electrons. The van der Waals surface area contributed by atoms with Gasteiger partial charge in [-0.3, -0.25) is 0 Å². The lowest BCUT2D eigenvalue weighted by Gasteiger charge is -2.37. The first-order chi connectivity index (χ1) is 7.35. The SMILES string of the molecule is NCC1CCCC1N1CCC(CO)CC1. The van der Waals surface area contributed by atoms with E-state index in [4.69, 9.17) is 10.8 Å². The Morgan fingerprint density at radius 2 is 1.87 bits per heavy atom. The van der Waals surface area contributed by atoms with Crippen LogP contribution in [-0.4, -0.2) is 42.3 Å². The molecular formula is C12H24N2O. The topological polar surface area (TPSA) is 49.5 Å². The predicted octanol–water partition coefficient (Wildman–Crippen LogP) is 0.818. The van der Waals surface area contributed by atoms with Gasteiger partial charge in [0.15, 0.2) is 0 Å². The number of aliphatic hydroxyl groups excluding tert-OH is 1. The van der Waals surface area contributed by atoms with Crippen LogP contribution < -0.4 is 5.73 Å². The third kappa shape index (κ3) is 2.52. The number of nitrogens with zero attached hydrogens (tertiary/aromatic N) is 1. The van der Waals surface area contributed by atoms with E-state index in [-0.39, 0.29) is 0 Å². The van der Waals surface area contributed by atoms with E-state index in [1.54, 1.807) is 0 Å². The van der Waals surface area contributed by atoms with Gasteiger partial charge in [-0.05, 0) is 57.2 Å². The molecule has 2 aliphatic rings. The maximum absolute atomic E-state index is 9.10. The minimum atomic E-state index is 0.374. The van der Waals surface area contributed by atoms with Gasteiger partial charge in [-0.25, -0.2) is 0 Å². The minimum Gasteiger partial charge on any atom is -0.396 e. The van der Waals surface area contributed by atoms with Crippen LogP contribution in [0.4, 0.5) is 0 Å². The van der Waals surface area contributed by atoms with Crippen molar-refractivity contribution in [1.29, 1.82) is 0 Å². The fourth-order valence-electron chi connectivity index (χ4n) is 3.24. The maximum atomic E-state index is 9.10. The summed E-state index contributed by atoms with van der Waals surface area (Å²) >= 11 is 0. The molecule has 3 heteroatoms. The van der Waals surface area contributed by atoms with Crippen LogP contribution >= 0.6 is 0 Å². The Kier molecular flexibility index (Phi) is 4.00. The molecular weight excluding hydrogens is 188 g/mol. The third-order valence-electron chi connectivity index (χ3n) is 4.30. The number of piperidine rings is 1. The highest BCUT2D eigenvalue weighted by molar-refractivity contribution is 4.88. The Hall–Kier alpha value is -0.120. The number of likely N-dealkylation sites (tertiary alicyclic amines) is 1. The third-order valence-corrected chi connectivity index (χ3v) is 4.30. The molecule has 1 saturated heterocycles. The van der Waals surface area contributed by atoms with E-state index in [0.717, 1.165) is 18.5 Å². The summed E-state index contributed by atoms with van der Waals surface area (Å²) in [7, 11) is 0. The molecule has 88 valence electrons. The van der Waals surface area contributed by atoms with E-state index < -0.39 is 0 Å². The largest absolute Gasteiger partial charge is 0.396 e. The van der Waals surface area contributed by atoms with Crippen LogP contribution in [0.5, 0.6) is 0 Å². The van der Waals surface area contributed by atoms with Crippen molar-refractivity contribution in [3.8, 4) is 0 Å². The second-order valence-corrected chi connectivity index (χ2v) is 5.16. The van der Waals surface area contributed by atoms with Gasteiger partial charge in [0.1, 0.15) is 0 Å². The fourth-order valence-corrected chi connectivity index (χ4v) is 3.24. The van der Waals surface area contributed by atoms with Crippen molar-refractivity contribution in [2.45, 2.75) is 38.1 Å². The summed E-state index contributed by atoms with van der Waals surface area (Å²) in [5.74, 6) is 1.29. The van der Waals surface area contributed by atoms with Gasteiger partial charge in [0, 0.05) is 12.6 Å². The molecule has 2 atom stereocenters. The van der Waals surface area contributed by atoms with Crippen LogP contribution in [-0.2, 0) is 0 Å². The average molecular weight is 212 g/mol. The van der Waals surface area contributed by atoms with E-state index in [1.165, 1.54) is 45.2 Å². The summed E-state index contributed by atoms with van der Waals surface area (Å²) in [5, 5.41) is 9.10. The van der Waals surface area contributed by atoms with Crippen molar-refractivity contribution in [3.63, 3.8) is 0 Å². The van der Waals surface area contributed by atoms with E-state index >= 15 is 0 Å². The van der Waals surface area contributed by atoms with Crippen LogP contribution in [0.15, 0.2) is 0 Å². The van der Waals surface area contributed by atoms with Gasteiger partial charge in [0.25, 0.3) is 0 Å². The number of rotatable bonds is 3. The molecule has 1 saturated carbocycles. The molecule has 0 aromatic rings. The van der Waals surface area contributed by atoms with Gasteiger partial charge in [-0.1, -0.05) is 6.42 Å². The standard InChI is InChI=1S/C12H24N2O/c13-8-11-2-1-3-12(11)14-6-4-10(9-15)5-7-14/h10-12,15H,1-9,13H2. The lowest BCUT2D eigenvalue weighted by molar-refractivity contribution is 0.0857. The normalized spacial score (nSPS) is 34.8. The van der Waals surface area contributed by atoms with Gasteiger partial charge < -0.3 is 15.7 Å². The average Bonchev–Trinajstić information content (AvgIpc) is 2.77. The summed E-state index contributed by atoms with van der Waals surface area (Å²) in [4.78, 5) is 2.62.